The number of fused-ring (bicyclic) bond motifs is 1. The van der Waals surface area contributed by atoms with Crippen LogP contribution in [0.25, 0.3) is 0 Å². The maximum absolute atomic E-state index is 11.6. The predicted molar refractivity (Wildman–Crippen MR) is 45.0 cm³/mol. The Morgan fingerprint density at radius 2 is 2.15 bits per heavy atom. The van der Waals surface area contributed by atoms with Crippen molar-refractivity contribution in [3.8, 4) is 0 Å². The zero-order valence-corrected chi connectivity index (χ0v) is 7.12. The molecule has 1 amide bonds. The number of aliphatic hydroxyl groups excluding tert-OH is 1. The molecule has 70 valence electrons. The van der Waals surface area contributed by atoms with Gasteiger partial charge in [0.05, 0.1) is 6.26 Å². The molecule has 1 aliphatic heterocycles. The highest BCUT2D eigenvalue weighted by Crippen LogP contribution is 2.31. The third-order valence-electron chi connectivity index (χ3n) is 2.81. The lowest BCUT2D eigenvalue weighted by Gasteiger charge is -2.25. The Bertz CT molecular complexity index is 295. The SMILES string of the molecule is O=C1NC2CCCC2C(=O)C1=CO. The number of rotatable bonds is 0. The Morgan fingerprint density at radius 3 is 2.85 bits per heavy atom. The zero-order chi connectivity index (χ0) is 9.42. The molecule has 2 rings (SSSR count). The van der Waals surface area contributed by atoms with E-state index in [0.29, 0.717) is 6.26 Å². The van der Waals surface area contributed by atoms with Gasteiger partial charge in [0.25, 0.3) is 5.91 Å². The molecule has 2 atom stereocenters. The van der Waals surface area contributed by atoms with Crippen molar-refractivity contribution >= 4 is 11.7 Å². The summed E-state index contributed by atoms with van der Waals surface area (Å²) >= 11 is 0. The van der Waals surface area contributed by atoms with Crippen LogP contribution in [-0.2, 0) is 9.59 Å². The molecule has 4 nitrogen and oxygen atoms in total. The van der Waals surface area contributed by atoms with E-state index in [0.717, 1.165) is 19.3 Å². The summed E-state index contributed by atoms with van der Waals surface area (Å²) in [4.78, 5) is 22.8. The van der Waals surface area contributed by atoms with Crippen molar-refractivity contribution in [1.29, 1.82) is 0 Å². The lowest BCUT2D eigenvalue weighted by atomic mass is 9.89. The molecule has 0 bridgehead atoms. The fraction of sp³-hybridized carbons (Fsp3) is 0.556. The molecule has 1 heterocycles. The minimum absolute atomic E-state index is 0.00343. The molecule has 0 aromatic rings. The van der Waals surface area contributed by atoms with Gasteiger partial charge in [0.2, 0.25) is 0 Å². The molecule has 2 unspecified atom stereocenters. The van der Waals surface area contributed by atoms with Gasteiger partial charge in [0, 0.05) is 12.0 Å². The van der Waals surface area contributed by atoms with Crippen LogP contribution >= 0.6 is 0 Å². The third kappa shape index (κ3) is 1.13. The Morgan fingerprint density at radius 1 is 1.38 bits per heavy atom. The number of hydrogen-bond acceptors (Lipinski definition) is 3. The van der Waals surface area contributed by atoms with Crippen LogP contribution in [0.2, 0.25) is 0 Å². The van der Waals surface area contributed by atoms with Gasteiger partial charge in [-0.15, -0.1) is 0 Å². The van der Waals surface area contributed by atoms with Crippen LogP contribution in [0.1, 0.15) is 19.3 Å². The van der Waals surface area contributed by atoms with E-state index in [4.69, 9.17) is 5.11 Å². The summed E-state index contributed by atoms with van der Waals surface area (Å²) in [6, 6.07) is 0.00343. The number of carbonyl (C=O) groups excluding carboxylic acids is 2. The smallest absolute Gasteiger partial charge is 0.258 e. The third-order valence-corrected chi connectivity index (χ3v) is 2.81. The first-order chi connectivity index (χ1) is 6.24. The van der Waals surface area contributed by atoms with Crippen molar-refractivity contribution in [2.45, 2.75) is 25.3 Å². The van der Waals surface area contributed by atoms with Gasteiger partial charge in [-0.3, -0.25) is 9.59 Å². The summed E-state index contributed by atoms with van der Waals surface area (Å²) in [6.45, 7) is 0. The summed E-state index contributed by atoms with van der Waals surface area (Å²) in [7, 11) is 0. The molecule has 1 saturated carbocycles. The van der Waals surface area contributed by atoms with Crippen molar-refractivity contribution in [2.75, 3.05) is 0 Å². The van der Waals surface area contributed by atoms with Gasteiger partial charge < -0.3 is 10.4 Å². The fourth-order valence-electron chi connectivity index (χ4n) is 2.13. The normalized spacial score (nSPS) is 36.2. The van der Waals surface area contributed by atoms with Gasteiger partial charge in [0.15, 0.2) is 5.78 Å². The molecule has 1 saturated heterocycles. The maximum atomic E-state index is 11.6. The van der Waals surface area contributed by atoms with Gasteiger partial charge in [-0.05, 0) is 12.8 Å². The van der Waals surface area contributed by atoms with Gasteiger partial charge in [0.1, 0.15) is 5.57 Å². The van der Waals surface area contributed by atoms with Crippen molar-refractivity contribution in [3.63, 3.8) is 0 Å². The average Bonchev–Trinajstić information content (AvgIpc) is 2.53. The second-order valence-corrected chi connectivity index (χ2v) is 3.52. The standard InChI is InChI=1S/C9H11NO3/c11-4-6-8(12)5-2-1-3-7(5)10-9(6)13/h4-5,7,11H,1-3H2,(H,10,13). The number of amides is 1. The highest BCUT2D eigenvalue weighted by atomic mass is 16.2. The molecule has 1 aliphatic carbocycles. The molecule has 0 radical (unpaired) electrons. The Labute approximate surface area is 75.6 Å². The average molecular weight is 181 g/mol. The summed E-state index contributed by atoms with van der Waals surface area (Å²) in [5.74, 6) is -0.736. The fourth-order valence-corrected chi connectivity index (χ4v) is 2.13. The zero-order valence-electron chi connectivity index (χ0n) is 7.12. The molecule has 2 fully saturated rings. The van der Waals surface area contributed by atoms with Crippen LogP contribution in [0.3, 0.4) is 0 Å². The second-order valence-electron chi connectivity index (χ2n) is 3.52. The molecule has 0 spiro atoms. The summed E-state index contributed by atoms with van der Waals surface area (Å²) < 4.78 is 0. The Hall–Kier alpha value is -1.32. The summed E-state index contributed by atoms with van der Waals surface area (Å²) in [6.07, 6.45) is 3.29. The maximum Gasteiger partial charge on any atom is 0.258 e. The van der Waals surface area contributed by atoms with Crippen LogP contribution in [0, 0.1) is 5.92 Å². The van der Waals surface area contributed by atoms with E-state index >= 15 is 0 Å². The van der Waals surface area contributed by atoms with E-state index in [9.17, 15) is 9.59 Å². The second kappa shape index (κ2) is 2.87. The molecule has 13 heavy (non-hydrogen) atoms. The molecule has 0 aromatic heterocycles. The minimum Gasteiger partial charge on any atom is -0.515 e. The summed E-state index contributed by atoms with van der Waals surface area (Å²) in [5, 5.41) is 11.4. The number of carbonyl (C=O) groups is 2. The highest BCUT2D eigenvalue weighted by molar-refractivity contribution is 6.21. The Balaban J connectivity index is 2.29. The highest BCUT2D eigenvalue weighted by Gasteiger charge is 2.41. The van der Waals surface area contributed by atoms with Crippen LogP contribution in [0.4, 0.5) is 0 Å². The lowest BCUT2D eigenvalue weighted by molar-refractivity contribution is -0.128. The molecular formula is C9H11NO3. The van der Waals surface area contributed by atoms with Crippen LogP contribution < -0.4 is 5.32 Å². The number of hydrogen-bond donors (Lipinski definition) is 2. The first kappa shape index (κ1) is 8.29. The summed E-state index contributed by atoms with van der Waals surface area (Å²) in [5.41, 5.74) is -0.0943. The van der Waals surface area contributed by atoms with E-state index in [1.807, 2.05) is 0 Å². The molecule has 2 N–H and O–H groups in total. The van der Waals surface area contributed by atoms with E-state index < -0.39 is 5.91 Å². The lowest BCUT2D eigenvalue weighted by Crippen LogP contribution is -2.48. The van der Waals surface area contributed by atoms with Crippen molar-refractivity contribution < 1.29 is 14.7 Å². The number of piperidine rings is 1. The van der Waals surface area contributed by atoms with Crippen LogP contribution in [-0.4, -0.2) is 22.8 Å². The largest absolute Gasteiger partial charge is 0.515 e. The van der Waals surface area contributed by atoms with Gasteiger partial charge in [-0.2, -0.15) is 0 Å². The predicted octanol–water partition coefficient (Wildman–Crippen LogP) is 0.296. The van der Waals surface area contributed by atoms with Gasteiger partial charge >= 0.3 is 0 Å². The first-order valence-corrected chi connectivity index (χ1v) is 4.43. The molecule has 4 heteroatoms. The van der Waals surface area contributed by atoms with E-state index in [2.05, 4.69) is 5.32 Å². The van der Waals surface area contributed by atoms with Crippen LogP contribution in [0.15, 0.2) is 11.8 Å². The molecule has 0 aromatic carbocycles. The molecule has 2 aliphatic rings. The number of ketones is 1. The Kier molecular flexibility index (Phi) is 1.83. The number of nitrogens with one attached hydrogen (secondary N) is 1. The monoisotopic (exact) mass is 181 g/mol. The van der Waals surface area contributed by atoms with Gasteiger partial charge in [-0.1, -0.05) is 6.42 Å². The first-order valence-electron chi connectivity index (χ1n) is 4.43. The van der Waals surface area contributed by atoms with Crippen molar-refractivity contribution in [2.24, 2.45) is 5.92 Å². The quantitative estimate of drug-likeness (QED) is 0.321. The number of Topliss-reactive ketones (excluding diaryl/α,β-unsaturated/α-hetero) is 1. The molecular weight excluding hydrogens is 170 g/mol. The van der Waals surface area contributed by atoms with E-state index in [1.165, 1.54) is 0 Å². The van der Waals surface area contributed by atoms with E-state index in [-0.39, 0.29) is 23.3 Å². The minimum atomic E-state index is -0.435. The number of aliphatic hydroxyl groups is 1. The van der Waals surface area contributed by atoms with Crippen molar-refractivity contribution in [1.82, 2.24) is 5.32 Å². The van der Waals surface area contributed by atoms with Gasteiger partial charge in [-0.25, -0.2) is 0 Å². The van der Waals surface area contributed by atoms with E-state index in [1.54, 1.807) is 0 Å². The topological polar surface area (TPSA) is 66.4 Å². The van der Waals surface area contributed by atoms with Crippen LogP contribution in [0.5, 0.6) is 0 Å². The van der Waals surface area contributed by atoms with Crippen molar-refractivity contribution in [3.05, 3.63) is 11.8 Å².